The summed E-state index contributed by atoms with van der Waals surface area (Å²) in [5.74, 6) is 0.227. The predicted octanol–water partition coefficient (Wildman–Crippen LogP) is 3.99. The SMILES string of the molecule is C=C.C=C.CC=CC.CN.CS(=O)(=O)N1CCN(Cc2ccc(O)c(Br)c2)CC1. The van der Waals surface area contributed by atoms with Crippen LogP contribution in [-0.2, 0) is 16.6 Å². The largest absolute Gasteiger partial charge is 0.507 e. The third kappa shape index (κ3) is 15.1. The minimum absolute atomic E-state index is 0.227. The van der Waals surface area contributed by atoms with Crippen LogP contribution in [0.1, 0.15) is 19.4 Å². The number of phenolic OH excluding ortho intramolecular Hbond substituents is 1. The van der Waals surface area contributed by atoms with Crippen molar-refractivity contribution in [1.82, 2.24) is 9.21 Å². The monoisotopic (exact) mass is 491 g/mol. The number of sulfonamides is 1. The summed E-state index contributed by atoms with van der Waals surface area (Å²) in [5.41, 5.74) is 5.59. The average molecular weight is 493 g/mol. The van der Waals surface area contributed by atoms with Gasteiger partial charge in [-0.25, -0.2) is 8.42 Å². The second-order valence-corrected chi connectivity index (χ2v) is 8.23. The first kappa shape index (κ1) is 32.2. The highest BCUT2D eigenvalue weighted by atomic mass is 79.9. The molecule has 0 aliphatic carbocycles. The maximum absolute atomic E-state index is 11.4. The zero-order chi connectivity index (χ0) is 23.5. The van der Waals surface area contributed by atoms with E-state index in [9.17, 15) is 13.5 Å². The van der Waals surface area contributed by atoms with Crippen molar-refractivity contribution in [3.05, 3.63) is 66.7 Å². The van der Waals surface area contributed by atoms with E-state index < -0.39 is 10.0 Å². The lowest BCUT2D eigenvalue weighted by Crippen LogP contribution is -2.47. The number of piperazine rings is 1. The summed E-state index contributed by atoms with van der Waals surface area (Å²) in [7, 11) is -1.57. The van der Waals surface area contributed by atoms with E-state index in [4.69, 9.17) is 0 Å². The number of phenols is 1. The van der Waals surface area contributed by atoms with E-state index in [1.165, 1.54) is 17.6 Å². The Kier molecular flexibility index (Phi) is 22.1. The number of benzene rings is 1. The first-order valence-electron chi connectivity index (χ1n) is 9.07. The first-order chi connectivity index (χ1) is 13.8. The van der Waals surface area contributed by atoms with Gasteiger partial charge in [0.2, 0.25) is 10.0 Å². The smallest absolute Gasteiger partial charge is 0.211 e. The molecule has 0 amide bonds. The Balaban J connectivity index is -0.000000580. The van der Waals surface area contributed by atoms with Crippen LogP contribution in [0.25, 0.3) is 0 Å². The molecule has 0 radical (unpaired) electrons. The minimum Gasteiger partial charge on any atom is -0.507 e. The molecule has 0 spiro atoms. The highest BCUT2D eigenvalue weighted by Crippen LogP contribution is 2.25. The summed E-state index contributed by atoms with van der Waals surface area (Å²) in [6.07, 6.45) is 5.25. The normalized spacial score (nSPS) is 14.0. The molecule has 168 valence electrons. The zero-order valence-electron chi connectivity index (χ0n) is 18.3. The number of halogens is 1. The maximum Gasteiger partial charge on any atom is 0.211 e. The van der Waals surface area contributed by atoms with Gasteiger partial charge in [-0.2, -0.15) is 4.31 Å². The molecule has 0 unspecified atom stereocenters. The van der Waals surface area contributed by atoms with Crippen LogP contribution in [0.2, 0.25) is 0 Å². The molecular formula is C21H38BrN3O3S. The Morgan fingerprint density at radius 2 is 1.52 bits per heavy atom. The quantitative estimate of drug-likeness (QED) is 0.623. The molecule has 1 heterocycles. The van der Waals surface area contributed by atoms with Crippen molar-refractivity contribution in [3.8, 4) is 5.75 Å². The third-order valence-corrected chi connectivity index (χ3v) is 5.49. The van der Waals surface area contributed by atoms with Gasteiger partial charge >= 0.3 is 0 Å². The molecule has 1 aromatic rings. The van der Waals surface area contributed by atoms with Crippen molar-refractivity contribution in [2.45, 2.75) is 20.4 Å². The summed E-state index contributed by atoms with van der Waals surface area (Å²) >= 11 is 3.29. The third-order valence-electron chi connectivity index (χ3n) is 3.55. The van der Waals surface area contributed by atoms with Crippen LogP contribution >= 0.6 is 15.9 Å². The van der Waals surface area contributed by atoms with Gasteiger partial charge in [0, 0.05) is 32.7 Å². The van der Waals surface area contributed by atoms with Gasteiger partial charge in [-0.05, 0) is 54.5 Å². The number of aromatic hydroxyl groups is 1. The summed E-state index contributed by atoms with van der Waals surface area (Å²) in [6, 6.07) is 5.42. The van der Waals surface area contributed by atoms with Crippen LogP contribution in [0.5, 0.6) is 5.75 Å². The lowest BCUT2D eigenvalue weighted by atomic mass is 10.2. The van der Waals surface area contributed by atoms with Crippen molar-refractivity contribution in [3.63, 3.8) is 0 Å². The van der Waals surface area contributed by atoms with E-state index in [-0.39, 0.29) is 5.75 Å². The van der Waals surface area contributed by atoms with Gasteiger partial charge in [0.05, 0.1) is 10.7 Å². The fourth-order valence-corrected chi connectivity index (χ4v) is 3.38. The van der Waals surface area contributed by atoms with Crippen molar-refractivity contribution in [2.24, 2.45) is 5.73 Å². The maximum atomic E-state index is 11.4. The van der Waals surface area contributed by atoms with Crippen LogP contribution < -0.4 is 5.73 Å². The number of nitrogens with zero attached hydrogens (tertiary/aromatic N) is 2. The molecular weight excluding hydrogens is 454 g/mol. The van der Waals surface area contributed by atoms with Crippen molar-refractivity contribution in [2.75, 3.05) is 39.5 Å². The van der Waals surface area contributed by atoms with Gasteiger partial charge < -0.3 is 10.8 Å². The van der Waals surface area contributed by atoms with Gasteiger partial charge in [-0.1, -0.05) is 18.2 Å². The van der Waals surface area contributed by atoms with Crippen LogP contribution in [0.4, 0.5) is 0 Å². The Bertz CT molecular complexity index is 653. The van der Waals surface area contributed by atoms with E-state index in [0.29, 0.717) is 17.6 Å². The summed E-state index contributed by atoms with van der Waals surface area (Å²) in [5, 5.41) is 9.44. The molecule has 0 saturated carbocycles. The van der Waals surface area contributed by atoms with Gasteiger partial charge in [-0.15, -0.1) is 26.3 Å². The molecule has 1 aliphatic rings. The Hall–Kier alpha value is -1.45. The number of rotatable bonds is 3. The number of hydrogen-bond acceptors (Lipinski definition) is 5. The molecule has 1 aromatic carbocycles. The van der Waals surface area contributed by atoms with E-state index in [1.807, 2.05) is 38.1 Å². The van der Waals surface area contributed by atoms with E-state index >= 15 is 0 Å². The van der Waals surface area contributed by atoms with Gasteiger partial charge in [0.25, 0.3) is 0 Å². The zero-order valence-corrected chi connectivity index (χ0v) is 20.7. The molecule has 1 aliphatic heterocycles. The lowest BCUT2D eigenvalue weighted by molar-refractivity contribution is 0.182. The van der Waals surface area contributed by atoms with Crippen LogP contribution in [-0.4, -0.2) is 62.2 Å². The first-order valence-corrected chi connectivity index (χ1v) is 11.7. The van der Waals surface area contributed by atoms with Gasteiger partial charge in [0.15, 0.2) is 0 Å². The highest BCUT2D eigenvalue weighted by Gasteiger charge is 2.23. The van der Waals surface area contributed by atoms with Crippen LogP contribution in [0.15, 0.2) is 61.1 Å². The number of allylic oxidation sites excluding steroid dienone is 2. The average Bonchev–Trinajstić information content (AvgIpc) is 2.75. The standard InChI is InChI=1S/C12H17BrN2O3S.C4H8.2C2H4.CH5N/c1-19(17,18)15-6-4-14(5-7-15)9-10-2-3-12(16)11(13)8-10;1-3-4-2;3*1-2/h2-3,8,16H,4-7,9H2,1H3;3-4H,1-2H3;2*1-2H2;2H2,1H3. The molecule has 0 bridgehead atoms. The number of nitrogens with two attached hydrogens (primary N) is 1. The van der Waals surface area contributed by atoms with Gasteiger partial charge in [-0.3, -0.25) is 4.90 Å². The van der Waals surface area contributed by atoms with Crippen molar-refractivity contribution in [1.29, 1.82) is 0 Å². The van der Waals surface area contributed by atoms with Gasteiger partial charge in [0.1, 0.15) is 5.75 Å². The van der Waals surface area contributed by atoms with Crippen LogP contribution in [0, 0.1) is 0 Å². The Labute approximate surface area is 186 Å². The summed E-state index contributed by atoms with van der Waals surface area (Å²) in [6.45, 7) is 19.3. The molecule has 0 atom stereocenters. The lowest BCUT2D eigenvalue weighted by Gasteiger charge is -2.33. The second kappa shape index (κ2) is 19.8. The fraction of sp³-hybridized carbons (Fsp3) is 0.429. The van der Waals surface area contributed by atoms with Crippen LogP contribution in [0.3, 0.4) is 0 Å². The summed E-state index contributed by atoms with van der Waals surface area (Å²) < 4.78 is 25.0. The van der Waals surface area contributed by atoms with Crippen molar-refractivity contribution < 1.29 is 13.5 Å². The van der Waals surface area contributed by atoms with E-state index in [2.05, 4.69) is 52.9 Å². The second-order valence-electron chi connectivity index (χ2n) is 5.39. The Morgan fingerprint density at radius 3 is 1.86 bits per heavy atom. The van der Waals surface area contributed by atoms with E-state index in [1.54, 1.807) is 6.07 Å². The highest BCUT2D eigenvalue weighted by molar-refractivity contribution is 9.10. The number of hydrogen-bond donors (Lipinski definition) is 2. The molecule has 29 heavy (non-hydrogen) atoms. The van der Waals surface area contributed by atoms with Crippen molar-refractivity contribution >= 4 is 26.0 Å². The molecule has 8 heteroatoms. The topological polar surface area (TPSA) is 86.9 Å². The van der Waals surface area contributed by atoms with E-state index in [0.717, 1.165) is 25.2 Å². The molecule has 0 aromatic heterocycles. The Morgan fingerprint density at radius 1 is 1.07 bits per heavy atom. The molecule has 1 saturated heterocycles. The minimum atomic E-state index is -3.07. The molecule has 6 nitrogen and oxygen atoms in total. The fourth-order valence-electron chi connectivity index (χ4n) is 2.13. The molecule has 2 rings (SSSR count). The summed E-state index contributed by atoms with van der Waals surface area (Å²) in [4.78, 5) is 2.21. The molecule has 1 fully saturated rings. The predicted molar refractivity (Wildman–Crippen MR) is 131 cm³/mol. The molecule has 3 N–H and O–H groups in total.